The Labute approximate surface area is 139 Å². The van der Waals surface area contributed by atoms with Crippen LogP contribution in [0.2, 0.25) is 0 Å². The third-order valence-corrected chi connectivity index (χ3v) is 4.09. The van der Waals surface area contributed by atoms with Gasteiger partial charge in [0.05, 0.1) is 6.10 Å². The van der Waals surface area contributed by atoms with Crippen molar-refractivity contribution in [3.05, 3.63) is 36.2 Å². The van der Waals surface area contributed by atoms with Crippen LogP contribution in [0, 0.1) is 0 Å². The molecule has 0 radical (unpaired) electrons. The van der Waals surface area contributed by atoms with E-state index in [0.717, 1.165) is 18.4 Å². The minimum absolute atomic E-state index is 0.213. The first-order valence-electron chi connectivity index (χ1n) is 8.22. The molecule has 0 saturated heterocycles. The highest BCUT2D eigenvalue weighted by Crippen LogP contribution is 2.24. The van der Waals surface area contributed by atoms with Gasteiger partial charge in [0.15, 0.2) is 0 Å². The summed E-state index contributed by atoms with van der Waals surface area (Å²) in [6.45, 7) is 0.317. The molecular weight excluding hydrogens is 308 g/mol. The van der Waals surface area contributed by atoms with E-state index in [1.165, 1.54) is 19.3 Å². The smallest absolute Gasteiger partial charge is 0.306 e. The zero-order chi connectivity index (χ0) is 16.2. The molecule has 0 bridgehead atoms. The van der Waals surface area contributed by atoms with Gasteiger partial charge in [-0.05, 0) is 25.0 Å². The number of rotatable bonds is 5. The zero-order valence-electron chi connectivity index (χ0n) is 13.2. The summed E-state index contributed by atoms with van der Waals surface area (Å²) in [5.41, 5.74) is 0.844. The number of hydrogen-bond acceptors (Lipinski definition) is 7. The molecule has 2 aromatic heterocycles. The highest BCUT2D eigenvalue weighted by molar-refractivity contribution is 5.53. The topological polar surface area (TPSA) is 87.1 Å². The van der Waals surface area contributed by atoms with Gasteiger partial charge in [0.1, 0.15) is 6.61 Å². The number of hydrogen-bond donors (Lipinski definition) is 0. The lowest BCUT2D eigenvalue weighted by Gasteiger charge is -2.20. The van der Waals surface area contributed by atoms with Crippen molar-refractivity contribution >= 4 is 0 Å². The number of ether oxygens (including phenoxy) is 1. The van der Waals surface area contributed by atoms with Gasteiger partial charge in [-0.3, -0.25) is 0 Å². The van der Waals surface area contributed by atoms with Crippen molar-refractivity contribution in [2.45, 2.75) is 44.8 Å². The van der Waals surface area contributed by atoms with E-state index in [9.17, 15) is 0 Å². The van der Waals surface area contributed by atoms with Crippen LogP contribution in [0.1, 0.15) is 38.0 Å². The molecule has 3 aromatic rings. The fourth-order valence-corrected chi connectivity index (χ4v) is 2.83. The van der Waals surface area contributed by atoms with Gasteiger partial charge >= 0.3 is 11.8 Å². The Balaban J connectivity index is 1.42. The van der Waals surface area contributed by atoms with E-state index in [4.69, 9.17) is 13.6 Å². The van der Waals surface area contributed by atoms with Crippen molar-refractivity contribution in [1.82, 2.24) is 20.4 Å². The van der Waals surface area contributed by atoms with Crippen molar-refractivity contribution in [1.29, 1.82) is 0 Å². The molecule has 7 nitrogen and oxygen atoms in total. The summed E-state index contributed by atoms with van der Waals surface area (Å²) >= 11 is 0. The molecule has 4 rings (SSSR count). The van der Waals surface area contributed by atoms with Crippen molar-refractivity contribution < 1.29 is 13.6 Å². The second-order valence-electron chi connectivity index (χ2n) is 5.85. The largest absolute Gasteiger partial charge is 0.414 e. The SMILES string of the molecule is c1ccc(-c2nnc(-c3nnc(COC4CCCCC4)o3)o2)cc1. The van der Waals surface area contributed by atoms with Crippen molar-refractivity contribution in [2.24, 2.45) is 0 Å². The van der Waals surface area contributed by atoms with Gasteiger partial charge in [-0.15, -0.1) is 20.4 Å². The maximum Gasteiger partial charge on any atom is 0.306 e. The second-order valence-corrected chi connectivity index (χ2v) is 5.85. The standard InChI is InChI=1S/C17H18N4O3/c1-3-7-12(8-4-1)15-19-21-17(24-15)16-20-18-14(23-16)11-22-13-9-5-2-6-10-13/h1,3-4,7-8,13H,2,5-6,9-11H2. The summed E-state index contributed by atoms with van der Waals surface area (Å²) in [5, 5.41) is 15.9. The summed E-state index contributed by atoms with van der Waals surface area (Å²) in [6.07, 6.45) is 6.25. The van der Waals surface area contributed by atoms with Gasteiger partial charge < -0.3 is 13.6 Å². The molecule has 1 aromatic carbocycles. The monoisotopic (exact) mass is 326 g/mol. The molecule has 0 amide bonds. The van der Waals surface area contributed by atoms with Gasteiger partial charge in [-0.1, -0.05) is 37.5 Å². The molecule has 1 saturated carbocycles. The highest BCUT2D eigenvalue weighted by atomic mass is 16.5. The summed E-state index contributed by atoms with van der Waals surface area (Å²) in [5.74, 6) is 1.27. The average molecular weight is 326 g/mol. The molecule has 0 unspecified atom stereocenters. The van der Waals surface area contributed by atoms with Gasteiger partial charge in [0.2, 0.25) is 11.8 Å². The average Bonchev–Trinajstić information content (AvgIpc) is 3.31. The molecule has 1 aliphatic carbocycles. The maximum atomic E-state index is 5.83. The minimum Gasteiger partial charge on any atom is -0.414 e. The molecule has 0 aliphatic heterocycles. The van der Waals surface area contributed by atoms with E-state index in [1.807, 2.05) is 30.3 Å². The molecular formula is C17H18N4O3. The molecule has 1 fully saturated rings. The third-order valence-electron chi connectivity index (χ3n) is 4.09. The van der Waals surface area contributed by atoms with E-state index < -0.39 is 0 Å². The van der Waals surface area contributed by atoms with E-state index in [2.05, 4.69) is 20.4 Å². The molecule has 24 heavy (non-hydrogen) atoms. The van der Waals surface area contributed by atoms with E-state index >= 15 is 0 Å². The van der Waals surface area contributed by atoms with Crippen LogP contribution >= 0.6 is 0 Å². The fourth-order valence-electron chi connectivity index (χ4n) is 2.83. The quantitative estimate of drug-likeness (QED) is 0.707. The molecule has 0 atom stereocenters. The van der Waals surface area contributed by atoms with Crippen LogP contribution in [0.15, 0.2) is 39.2 Å². The third kappa shape index (κ3) is 3.35. The van der Waals surface area contributed by atoms with Gasteiger partial charge in [-0.2, -0.15) is 0 Å². The van der Waals surface area contributed by atoms with E-state index in [-0.39, 0.29) is 11.8 Å². The summed E-state index contributed by atoms with van der Waals surface area (Å²) in [6, 6.07) is 9.54. The Morgan fingerprint density at radius 2 is 1.54 bits per heavy atom. The normalized spacial score (nSPS) is 15.7. The summed E-state index contributed by atoms with van der Waals surface area (Å²) < 4.78 is 17.0. The van der Waals surface area contributed by atoms with Crippen molar-refractivity contribution in [3.8, 4) is 23.2 Å². The Bertz CT molecular complexity index is 778. The van der Waals surface area contributed by atoms with Gasteiger partial charge in [0.25, 0.3) is 0 Å². The Hall–Kier alpha value is -2.54. The summed E-state index contributed by atoms with van der Waals surface area (Å²) in [7, 11) is 0. The number of benzene rings is 1. The first-order chi connectivity index (χ1) is 11.9. The first kappa shape index (κ1) is 15.0. The van der Waals surface area contributed by atoms with Crippen LogP contribution in [-0.4, -0.2) is 26.5 Å². The molecule has 0 N–H and O–H groups in total. The van der Waals surface area contributed by atoms with Crippen LogP contribution in [-0.2, 0) is 11.3 Å². The Morgan fingerprint density at radius 1 is 0.833 bits per heavy atom. The van der Waals surface area contributed by atoms with Gasteiger partial charge in [0, 0.05) is 5.56 Å². The minimum atomic E-state index is 0.213. The zero-order valence-corrected chi connectivity index (χ0v) is 13.2. The lowest BCUT2D eigenvalue weighted by Crippen LogP contribution is -2.16. The lowest BCUT2D eigenvalue weighted by molar-refractivity contribution is 0.00676. The predicted octanol–water partition coefficient (Wildman–Crippen LogP) is 3.64. The predicted molar refractivity (Wildman–Crippen MR) is 84.7 cm³/mol. The fraction of sp³-hybridized carbons (Fsp3) is 0.412. The molecule has 7 heteroatoms. The van der Waals surface area contributed by atoms with Crippen LogP contribution in [0.5, 0.6) is 0 Å². The highest BCUT2D eigenvalue weighted by Gasteiger charge is 2.18. The molecule has 1 aliphatic rings. The molecule has 2 heterocycles. The van der Waals surface area contributed by atoms with E-state index in [1.54, 1.807) is 0 Å². The van der Waals surface area contributed by atoms with Gasteiger partial charge in [-0.25, -0.2) is 0 Å². The maximum absolute atomic E-state index is 5.83. The van der Waals surface area contributed by atoms with E-state index in [0.29, 0.717) is 24.5 Å². The van der Waals surface area contributed by atoms with Crippen LogP contribution in [0.25, 0.3) is 23.2 Å². The van der Waals surface area contributed by atoms with Crippen molar-refractivity contribution in [3.63, 3.8) is 0 Å². The summed E-state index contributed by atoms with van der Waals surface area (Å²) in [4.78, 5) is 0. The van der Waals surface area contributed by atoms with Crippen LogP contribution < -0.4 is 0 Å². The van der Waals surface area contributed by atoms with Crippen LogP contribution in [0.3, 0.4) is 0 Å². The van der Waals surface area contributed by atoms with Crippen molar-refractivity contribution in [2.75, 3.05) is 0 Å². The van der Waals surface area contributed by atoms with Crippen LogP contribution in [0.4, 0.5) is 0 Å². The number of nitrogens with zero attached hydrogens (tertiary/aromatic N) is 4. The lowest BCUT2D eigenvalue weighted by atomic mass is 9.98. The Kier molecular flexibility index (Phi) is 4.33. The number of aromatic nitrogens is 4. The molecule has 0 spiro atoms. The Morgan fingerprint density at radius 3 is 2.38 bits per heavy atom. The second kappa shape index (κ2) is 6.92. The first-order valence-corrected chi connectivity index (χ1v) is 8.22. The molecule has 124 valence electrons.